The summed E-state index contributed by atoms with van der Waals surface area (Å²) in [5, 5.41) is 26.8. The predicted molar refractivity (Wildman–Crippen MR) is 145 cm³/mol. The van der Waals surface area contributed by atoms with Gasteiger partial charge >= 0.3 is 0 Å². The minimum atomic E-state index is -0.471. The zero-order chi connectivity index (χ0) is 26.7. The van der Waals surface area contributed by atoms with Crippen molar-refractivity contribution in [1.29, 1.82) is 0 Å². The molecule has 6 nitrogen and oxygen atoms in total. The molecule has 0 aliphatic rings. The molecule has 0 aromatic heterocycles. The van der Waals surface area contributed by atoms with E-state index in [0.717, 1.165) is 24.0 Å². The number of phenolic OH excluding ortho intramolecular Hbond substituents is 2. The Balaban J connectivity index is 1.97. The number of hydrogen-bond acceptors (Lipinski definition) is 4. The Hall–Kier alpha value is -3.80. The molecule has 0 spiro atoms. The summed E-state index contributed by atoms with van der Waals surface area (Å²) in [5.74, 6) is -1.15. The van der Waals surface area contributed by atoms with Crippen molar-refractivity contribution in [2.24, 2.45) is 0 Å². The molecular formula is C30H36N2O4. The van der Waals surface area contributed by atoms with E-state index in [1.54, 1.807) is 36.4 Å². The summed E-state index contributed by atoms with van der Waals surface area (Å²) in [5.41, 5.74) is 2.00. The van der Waals surface area contributed by atoms with Crippen LogP contribution >= 0.6 is 0 Å². The van der Waals surface area contributed by atoms with E-state index in [0.29, 0.717) is 11.4 Å². The molecule has 36 heavy (non-hydrogen) atoms. The van der Waals surface area contributed by atoms with Gasteiger partial charge in [-0.15, -0.1) is 0 Å². The van der Waals surface area contributed by atoms with Gasteiger partial charge in [-0.1, -0.05) is 77.9 Å². The highest BCUT2D eigenvalue weighted by atomic mass is 16.3. The van der Waals surface area contributed by atoms with Crippen LogP contribution in [0.15, 0.2) is 60.7 Å². The molecule has 0 saturated carbocycles. The van der Waals surface area contributed by atoms with Gasteiger partial charge in [0, 0.05) is 0 Å². The summed E-state index contributed by atoms with van der Waals surface area (Å²) in [4.78, 5) is 26.8. The van der Waals surface area contributed by atoms with Gasteiger partial charge in [-0.2, -0.15) is 0 Å². The number of aromatic hydroxyl groups is 2. The van der Waals surface area contributed by atoms with Crippen LogP contribution in [0.5, 0.6) is 11.5 Å². The first kappa shape index (κ1) is 26.8. The van der Waals surface area contributed by atoms with Crippen molar-refractivity contribution in [3.8, 4) is 11.5 Å². The lowest BCUT2D eigenvalue weighted by Gasteiger charge is -2.27. The number of nitrogens with one attached hydrogen (secondary N) is 2. The van der Waals surface area contributed by atoms with Gasteiger partial charge in [0.1, 0.15) is 11.5 Å². The van der Waals surface area contributed by atoms with Crippen molar-refractivity contribution in [2.45, 2.75) is 65.2 Å². The van der Waals surface area contributed by atoms with E-state index in [9.17, 15) is 19.8 Å². The maximum absolute atomic E-state index is 13.4. The van der Waals surface area contributed by atoms with Gasteiger partial charge in [-0.05, 0) is 59.1 Å². The number of phenols is 2. The summed E-state index contributed by atoms with van der Waals surface area (Å²) in [6.07, 6.45) is 1.56. The number of amides is 2. The average Bonchev–Trinajstić information content (AvgIpc) is 2.84. The first-order valence-corrected chi connectivity index (χ1v) is 12.3. The lowest BCUT2D eigenvalue weighted by molar-refractivity contribution is 0.101. The normalized spacial score (nSPS) is 11.7. The molecule has 6 heteroatoms. The standard InChI is InChI=1S/C30H36N2O4/c1-7-29(3,4)19-13-11-17-23(33)25(19)27(35)31-21-15-9-10-16-22(21)32-28(36)26-20(30(5,6)8-2)14-12-18-24(26)34/h9-18,33-34H,7-8H2,1-6H3,(H,31,35)(H,32,36). The quantitative estimate of drug-likeness (QED) is 0.275. The van der Waals surface area contributed by atoms with E-state index in [-0.39, 0.29) is 33.5 Å². The topological polar surface area (TPSA) is 98.7 Å². The highest BCUT2D eigenvalue weighted by Crippen LogP contribution is 2.36. The van der Waals surface area contributed by atoms with E-state index in [1.165, 1.54) is 12.1 Å². The van der Waals surface area contributed by atoms with Crippen LogP contribution in [0, 0.1) is 0 Å². The lowest BCUT2D eigenvalue weighted by atomic mass is 9.79. The third-order valence-corrected chi connectivity index (χ3v) is 7.19. The largest absolute Gasteiger partial charge is 0.507 e. The van der Waals surface area contributed by atoms with Crippen LogP contribution < -0.4 is 10.6 Å². The fourth-order valence-electron chi connectivity index (χ4n) is 4.14. The van der Waals surface area contributed by atoms with Crippen molar-refractivity contribution in [1.82, 2.24) is 0 Å². The summed E-state index contributed by atoms with van der Waals surface area (Å²) in [7, 11) is 0. The summed E-state index contributed by atoms with van der Waals surface area (Å²) >= 11 is 0. The maximum Gasteiger partial charge on any atom is 0.259 e. The number of para-hydroxylation sites is 2. The molecule has 0 radical (unpaired) electrons. The highest BCUT2D eigenvalue weighted by molar-refractivity contribution is 6.12. The minimum Gasteiger partial charge on any atom is -0.507 e. The molecule has 0 fully saturated rings. The molecule has 0 aliphatic heterocycles. The van der Waals surface area contributed by atoms with Crippen LogP contribution in [0.4, 0.5) is 11.4 Å². The zero-order valence-corrected chi connectivity index (χ0v) is 21.9. The van der Waals surface area contributed by atoms with Crippen molar-refractivity contribution in [3.05, 3.63) is 82.9 Å². The smallest absolute Gasteiger partial charge is 0.259 e. The SMILES string of the molecule is CCC(C)(C)c1cccc(O)c1C(=O)Nc1ccccc1NC(=O)c1c(O)cccc1C(C)(C)CC. The molecule has 3 aromatic carbocycles. The molecule has 3 rings (SSSR count). The fraction of sp³-hybridized carbons (Fsp3) is 0.333. The van der Waals surface area contributed by atoms with Crippen LogP contribution in [0.3, 0.4) is 0 Å². The number of rotatable bonds is 8. The molecule has 190 valence electrons. The van der Waals surface area contributed by atoms with Gasteiger partial charge in [-0.25, -0.2) is 0 Å². The molecule has 0 saturated heterocycles. The monoisotopic (exact) mass is 488 g/mol. The Bertz CT molecular complexity index is 1180. The van der Waals surface area contributed by atoms with Gasteiger partial charge in [0.05, 0.1) is 22.5 Å². The second-order valence-corrected chi connectivity index (χ2v) is 10.3. The zero-order valence-electron chi connectivity index (χ0n) is 21.9. The predicted octanol–water partition coefficient (Wildman–Crippen LogP) is 6.98. The molecule has 0 unspecified atom stereocenters. The Morgan fingerprint density at radius 2 is 1.00 bits per heavy atom. The Labute approximate surface area is 213 Å². The minimum absolute atomic E-state index is 0.103. The van der Waals surface area contributed by atoms with E-state index in [1.807, 2.05) is 53.7 Å². The van der Waals surface area contributed by atoms with E-state index in [2.05, 4.69) is 10.6 Å². The molecule has 0 heterocycles. The first-order chi connectivity index (χ1) is 16.9. The maximum atomic E-state index is 13.4. The molecular weight excluding hydrogens is 452 g/mol. The molecule has 4 N–H and O–H groups in total. The number of hydrogen-bond donors (Lipinski definition) is 4. The second-order valence-electron chi connectivity index (χ2n) is 10.3. The van der Waals surface area contributed by atoms with Crippen LogP contribution in [0.1, 0.15) is 86.2 Å². The van der Waals surface area contributed by atoms with E-state index >= 15 is 0 Å². The van der Waals surface area contributed by atoms with E-state index < -0.39 is 11.8 Å². The van der Waals surface area contributed by atoms with Gasteiger partial charge in [0.2, 0.25) is 0 Å². The highest BCUT2D eigenvalue weighted by Gasteiger charge is 2.29. The Kier molecular flexibility index (Phi) is 7.77. The number of carbonyl (C=O) groups is 2. The number of anilines is 2. The van der Waals surface area contributed by atoms with Gasteiger partial charge in [0.15, 0.2) is 0 Å². The molecule has 2 amide bonds. The number of carbonyl (C=O) groups excluding carboxylic acids is 2. The van der Waals surface area contributed by atoms with Crippen LogP contribution in [0.2, 0.25) is 0 Å². The van der Waals surface area contributed by atoms with Crippen molar-refractivity contribution in [2.75, 3.05) is 10.6 Å². The molecule has 0 aliphatic carbocycles. The van der Waals surface area contributed by atoms with Crippen LogP contribution in [0.25, 0.3) is 0 Å². The molecule has 3 aromatic rings. The third kappa shape index (κ3) is 5.38. The second kappa shape index (κ2) is 10.4. The fourth-order valence-corrected chi connectivity index (χ4v) is 4.14. The third-order valence-electron chi connectivity index (χ3n) is 7.19. The van der Waals surface area contributed by atoms with Crippen LogP contribution in [-0.2, 0) is 10.8 Å². The Morgan fingerprint density at radius 3 is 1.33 bits per heavy atom. The van der Waals surface area contributed by atoms with Crippen LogP contribution in [-0.4, -0.2) is 22.0 Å². The van der Waals surface area contributed by atoms with Crippen molar-refractivity contribution >= 4 is 23.2 Å². The molecule has 0 bridgehead atoms. The van der Waals surface area contributed by atoms with Gasteiger partial charge < -0.3 is 20.8 Å². The number of benzene rings is 3. The summed E-state index contributed by atoms with van der Waals surface area (Å²) < 4.78 is 0. The molecule has 0 atom stereocenters. The summed E-state index contributed by atoms with van der Waals surface area (Å²) in [6, 6.07) is 17.0. The summed E-state index contributed by atoms with van der Waals surface area (Å²) in [6.45, 7) is 12.2. The van der Waals surface area contributed by atoms with Gasteiger partial charge in [0.25, 0.3) is 11.8 Å². The Morgan fingerprint density at radius 1 is 0.639 bits per heavy atom. The average molecular weight is 489 g/mol. The van der Waals surface area contributed by atoms with Crippen molar-refractivity contribution in [3.63, 3.8) is 0 Å². The lowest BCUT2D eigenvalue weighted by Crippen LogP contribution is -2.25. The van der Waals surface area contributed by atoms with Gasteiger partial charge in [-0.3, -0.25) is 9.59 Å². The first-order valence-electron chi connectivity index (χ1n) is 12.3. The van der Waals surface area contributed by atoms with E-state index in [4.69, 9.17) is 0 Å². The van der Waals surface area contributed by atoms with Crippen molar-refractivity contribution < 1.29 is 19.8 Å².